The van der Waals surface area contributed by atoms with Crippen molar-refractivity contribution in [2.24, 2.45) is 0 Å². The molecule has 17 heavy (non-hydrogen) atoms. The number of nitrogens with two attached hydrogens (primary N) is 1. The van der Waals surface area contributed by atoms with Gasteiger partial charge in [0.05, 0.1) is 17.5 Å². The number of aliphatic hydroxyl groups excluding tert-OH is 1. The zero-order chi connectivity index (χ0) is 11.9. The Bertz CT molecular complexity index is 544. The van der Waals surface area contributed by atoms with E-state index in [0.717, 1.165) is 35.3 Å². The van der Waals surface area contributed by atoms with E-state index in [9.17, 15) is 5.11 Å². The van der Waals surface area contributed by atoms with E-state index in [1.54, 1.807) is 11.3 Å². The molecule has 1 aliphatic carbocycles. The van der Waals surface area contributed by atoms with Crippen LogP contribution in [0.5, 0.6) is 0 Å². The van der Waals surface area contributed by atoms with Gasteiger partial charge in [0.2, 0.25) is 5.95 Å². The molecule has 2 heterocycles. The van der Waals surface area contributed by atoms with Gasteiger partial charge in [0.25, 0.3) is 0 Å². The van der Waals surface area contributed by atoms with Crippen LogP contribution >= 0.6 is 11.3 Å². The van der Waals surface area contributed by atoms with Crippen LogP contribution in [0.3, 0.4) is 0 Å². The van der Waals surface area contributed by atoms with Crippen LogP contribution in [0.4, 0.5) is 11.8 Å². The molecule has 4 N–H and O–H groups in total. The summed E-state index contributed by atoms with van der Waals surface area (Å²) in [6, 6.07) is 1.98. The molecule has 1 fully saturated rings. The molecule has 0 atom stereocenters. The SMILES string of the molecule is Nc1nc(NC2(CO)CCC2)c2ccsc2n1. The Morgan fingerprint density at radius 2 is 2.29 bits per heavy atom. The van der Waals surface area contributed by atoms with Crippen LogP contribution in [0.25, 0.3) is 10.2 Å². The molecule has 2 aromatic rings. The molecule has 6 heteroatoms. The summed E-state index contributed by atoms with van der Waals surface area (Å²) in [4.78, 5) is 9.30. The van der Waals surface area contributed by atoms with Crippen molar-refractivity contribution in [3.8, 4) is 0 Å². The number of anilines is 2. The first-order chi connectivity index (χ1) is 8.22. The zero-order valence-corrected chi connectivity index (χ0v) is 10.1. The highest BCUT2D eigenvalue weighted by Crippen LogP contribution is 2.36. The molecule has 0 radical (unpaired) electrons. The summed E-state index contributed by atoms with van der Waals surface area (Å²) in [5.74, 6) is 1.01. The number of nitrogens with zero attached hydrogens (tertiary/aromatic N) is 2. The Kier molecular flexibility index (Phi) is 2.41. The maximum atomic E-state index is 9.46. The molecule has 1 aliphatic rings. The van der Waals surface area contributed by atoms with Crippen LogP contribution in [-0.2, 0) is 0 Å². The first-order valence-corrected chi connectivity index (χ1v) is 6.50. The Morgan fingerprint density at radius 3 is 2.94 bits per heavy atom. The molecule has 0 aromatic carbocycles. The third-order valence-electron chi connectivity index (χ3n) is 3.34. The lowest BCUT2D eigenvalue weighted by Gasteiger charge is -2.41. The number of thiophene rings is 1. The zero-order valence-electron chi connectivity index (χ0n) is 9.31. The van der Waals surface area contributed by atoms with Crippen LogP contribution < -0.4 is 11.1 Å². The molecular formula is C11H14N4OS. The van der Waals surface area contributed by atoms with Gasteiger partial charge in [-0.3, -0.25) is 0 Å². The van der Waals surface area contributed by atoms with Crippen LogP contribution in [-0.4, -0.2) is 27.2 Å². The Labute approximate surface area is 103 Å². The Balaban J connectivity index is 2.01. The summed E-state index contributed by atoms with van der Waals surface area (Å²) in [7, 11) is 0. The van der Waals surface area contributed by atoms with E-state index < -0.39 is 0 Å². The standard InChI is InChI=1S/C11H14N4OS/c12-10-13-8(7-2-5-17-9(7)14-10)15-11(6-16)3-1-4-11/h2,5,16H,1,3-4,6H2,(H3,12,13,14,15). The van der Waals surface area contributed by atoms with Crippen molar-refractivity contribution in [1.29, 1.82) is 0 Å². The number of hydrogen-bond donors (Lipinski definition) is 3. The van der Waals surface area contributed by atoms with Crippen LogP contribution in [0.2, 0.25) is 0 Å². The highest BCUT2D eigenvalue weighted by molar-refractivity contribution is 7.16. The fourth-order valence-corrected chi connectivity index (χ4v) is 2.92. The minimum Gasteiger partial charge on any atom is -0.394 e. The molecule has 0 amide bonds. The lowest BCUT2D eigenvalue weighted by molar-refractivity contribution is 0.144. The van der Waals surface area contributed by atoms with Crippen molar-refractivity contribution in [2.75, 3.05) is 17.7 Å². The van der Waals surface area contributed by atoms with E-state index >= 15 is 0 Å². The van der Waals surface area contributed by atoms with Crippen molar-refractivity contribution < 1.29 is 5.11 Å². The number of nitrogens with one attached hydrogen (secondary N) is 1. The number of hydrogen-bond acceptors (Lipinski definition) is 6. The van der Waals surface area contributed by atoms with E-state index in [1.165, 1.54) is 0 Å². The minimum absolute atomic E-state index is 0.128. The Morgan fingerprint density at radius 1 is 1.47 bits per heavy atom. The third kappa shape index (κ3) is 1.73. The summed E-state index contributed by atoms with van der Waals surface area (Å²) in [6.45, 7) is 0.128. The average molecular weight is 250 g/mol. The molecule has 0 spiro atoms. The topological polar surface area (TPSA) is 84.1 Å². The normalized spacial score (nSPS) is 17.9. The third-order valence-corrected chi connectivity index (χ3v) is 4.15. The van der Waals surface area contributed by atoms with Crippen LogP contribution in [0.1, 0.15) is 19.3 Å². The number of nitrogen functional groups attached to an aromatic ring is 1. The first kappa shape index (κ1) is 10.7. The van der Waals surface area contributed by atoms with Gasteiger partial charge in [-0.1, -0.05) is 0 Å². The number of aliphatic hydroxyl groups is 1. The summed E-state index contributed by atoms with van der Waals surface area (Å²) in [5, 5.41) is 15.7. The molecule has 3 rings (SSSR count). The Hall–Kier alpha value is -1.40. The molecule has 2 aromatic heterocycles. The van der Waals surface area contributed by atoms with Crippen molar-refractivity contribution >= 4 is 33.3 Å². The quantitative estimate of drug-likeness (QED) is 0.770. The predicted molar refractivity (Wildman–Crippen MR) is 69.1 cm³/mol. The molecule has 0 aliphatic heterocycles. The molecule has 0 bridgehead atoms. The second kappa shape index (κ2) is 3.82. The van der Waals surface area contributed by atoms with E-state index in [4.69, 9.17) is 5.73 Å². The van der Waals surface area contributed by atoms with Gasteiger partial charge in [0.1, 0.15) is 10.6 Å². The van der Waals surface area contributed by atoms with Gasteiger partial charge >= 0.3 is 0 Å². The van der Waals surface area contributed by atoms with E-state index in [0.29, 0.717) is 0 Å². The van der Waals surface area contributed by atoms with Crippen molar-refractivity contribution in [3.63, 3.8) is 0 Å². The van der Waals surface area contributed by atoms with Gasteiger partial charge < -0.3 is 16.2 Å². The minimum atomic E-state index is -0.213. The van der Waals surface area contributed by atoms with Gasteiger partial charge in [0.15, 0.2) is 0 Å². The lowest BCUT2D eigenvalue weighted by Crippen LogP contribution is -2.48. The average Bonchev–Trinajstić information content (AvgIpc) is 2.71. The second-order valence-electron chi connectivity index (χ2n) is 4.49. The molecule has 0 unspecified atom stereocenters. The first-order valence-electron chi connectivity index (χ1n) is 5.62. The molecular weight excluding hydrogens is 236 g/mol. The van der Waals surface area contributed by atoms with Gasteiger partial charge in [0, 0.05) is 0 Å². The number of rotatable bonds is 3. The maximum absolute atomic E-state index is 9.46. The lowest BCUT2D eigenvalue weighted by atomic mass is 9.77. The van der Waals surface area contributed by atoms with Gasteiger partial charge in [-0.2, -0.15) is 4.98 Å². The largest absolute Gasteiger partial charge is 0.394 e. The monoisotopic (exact) mass is 250 g/mol. The summed E-state index contributed by atoms with van der Waals surface area (Å²) in [5.41, 5.74) is 5.47. The number of fused-ring (bicyclic) bond motifs is 1. The number of aromatic nitrogens is 2. The van der Waals surface area contributed by atoms with E-state index in [-0.39, 0.29) is 18.1 Å². The second-order valence-corrected chi connectivity index (χ2v) is 5.38. The fourth-order valence-electron chi connectivity index (χ4n) is 2.14. The van der Waals surface area contributed by atoms with Crippen molar-refractivity contribution in [1.82, 2.24) is 9.97 Å². The van der Waals surface area contributed by atoms with Gasteiger partial charge in [-0.25, -0.2) is 4.98 Å². The van der Waals surface area contributed by atoms with E-state index in [2.05, 4.69) is 15.3 Å². The predicted octanol–water partition coefficient (Wildman–Crippen LogP) is 1.60. The highest BCUT2D eigenvalue weighted by atomic mass is 32.1. The summed E-state index contributed by atoms with van der Waals surface area (Å²) >= 11 is 1.54. The summed E-state index contributed by atoms with van der Waals surface area (Å²) in [6.07, 6.45) is 3.08. The van der Waals surface area contributed by atoms with E-state index in [1.807, 2.05) is 11.4 Å². The summed E-state index contributed by atoms with van der Waals surface area (Å²) < 4.78 is 0. The molecule has 1 saturated carbocycles. The van der Waals surface area contributed by atoms with Gasteiger partial charge in [-0.05, 0) is 30.7 Å². The van der Waals surface area contributed by atoms with Crippen molar-refractivity contribution in [3.05, 3.63) is 11.4 Å². The molecule has 5 nitrogen and oxygen atoms in total. The van der Waals surface area contributed by atoms with Crippen LogP contribution in [0.15, 0.2) is 11.4 Å². The van der Waals surface area contributed by atoms with Gasteiger partial charge in [-0.15, -0.1) is 11.3 Å². The highest BCUT2D eigenvalue weighted by Gasteiger charge is 2.37. The fraction of sp³-hybridized carbons (Fsp3) is 0.455. The molecule has 90 valence electrons. The van der Waals surface area contributed by atoms with Crippen molar-refractivity contribution in [2.45, 2.75) is 24.8 Å². The molecule has 0 saturated heterocycles. The smallest absolute Gasteiger partial charge is 0.223 e. The van der Waals surface area contributed by atoms with Crippen LogP contribution in [0, 0.1) is 0 Å². The maximum Gasteiger partial charge on any atom is 0.223 e.